The molecule has 0 radical (unpaired) electrons. The van der Waals surface area contributed by atoms with E-state index in [9.17, 15) is 9.18 Å². The Labute approximate surface area is 123 Å². The largest absolute Gasteiger partial charge is 0.321 e. The van der Waals surface area contributed by atoms with Gasteiger partial charge in [-0.15, -0.1) is 12.6 Å². The van der Waals surface area contributed by atoms with E-state index in [0.717, 1.165) is 22.4 Å². The van der Waals surface area contributed by atoms with E-state index >= 15 is 0 Å². The molecular weight excluding hydrogens is 273 g/mol. The van der Waals surface area contributed by atoms with Crippen LogP contribution in [0.3, 0.4) is 0 Å². The van der Waals surface area contributed by atoms with Crippen molar-refractivity contribution in [3.8, 4) is 0 Å². The lowest BCUT2D eigenvalue weighted by Crippen LogP contribution is -2.15. The van der Waals surface area contributed by atoms with E-state index in [1.165, 1.54) is 18.2 Å². The SMILES string of the molecule is Cc1cc(C)c(NC(=O)c2cc(S)ccc2F)c(C)c1. The normalized spacial score (nSPS) is 10.4. The summed E-state index contributed by atoms with van der Waals surface area (Å²) in [5.74, 6) is -1.02. The standard InChI is InChI=1S/C16H16FNOS/c1-9-6-10(2)15(11(3)7-9)18-16(19)13-8-12(20)4-5-14(13)17/h4-8,20H,1-3H3,(H,18,19). The van der Waals surface area contributed by atoms with E-state index < -0.39 is 11.7 Å². The quantitative estimate of drug-likeness (QED) is 0.793. The Balaban J connectivity index is 2.35. The summed E-state index contributed by atoms with van der Waals surface area (Å²) >= 11 is 4.13. The van der Waals surface area contributed by atoms with Crippen molar-refractivity contribution in [2.75, 3.05) is 5.32 Å². The Hall–Kier alpha value is -1.81. The van der Waals surface area contributed by atoms with Gasteiger partial charge in [0.2, 0.25) is 0 Å². The van der Waals surface area contributed by atoms with Gasteiger partial charge in [-0.1, -0.05) is 17.7 Å². The monoisotopic (exact) mass is 289 g/mol. The van der Waals surface area contributed by atoms with Gasteiger partial charge in [-0.25, -0.2) is 4.39 Å². The van der Waals surface area contributed by atoms with Crippen LogP contribution in [0.5, 0.6) is 0 Å². The van der Waals surface area contributed by atoms with Crippen molar-refractivity contribution >= 4 is 24.2 Å². The molecule has 0 saturated heterocycles. The van der Waals surface area contributed by atoms with Gasteiger partial charge < -0.3 is 5.32 Å². The molecule has 0 aliphatic rings. The third-order valence-corrected chi connectivity index (χ3v) is 3.39. The highest BCUT2D eigenvalue weighted by atomic mass is 32.1. The molecular formula is C16H16FNOS. The van der Waals surface area contributed by atoms with Gasteiger partial charge in [0.15, 0.2) is 0 Å². The number of thiol groups is 1. The Morgan fingerprint density at radius 1 is 1.10 bits per heavy atom. The molecule has 0 saturated carbocycles. The van der Waals surface area contributed by atoms with Crippen molar-refractivity contribution in [1.82, 2.24) is 0 Å². The second-order valence-electron chi connectivity index (χ2n) is 4.89. The van der Waals surface area contributed by atoms with Crippen LogP contribution in [0.1, 0.15) is 27.0 Å². The van der Waals surface area contributed by atoms with Crippen molar-refractivity contribution in [1.29, 1.82) is 0 Å². The Morgan fingerprint density at radius 2 is 1.70 bits per heavy atom. The highest BCUT2D eigenvalue weighted by Gasteiger charge is 2.14. The number of amides is 1. The molecule has 2 nitrogen and oxygen atoms in total. The van der Waals surface area contributed by atoms with Gasteiger partial charge in [-0.3, -0.25) is 4.79 Å². The average molecular weight is 289 g/mol. The molecule has 0 aliphatic heterocycles. The van der Waals surface area contributed by atoms with Gasteiger partial charge >= 0.3 is 0 Å². The molecule has 1 N–H and O–H groups in total. The fraction of sp³-hybridized carbons (Fsp3) is 0.188. The zero-order valence-electron chi connectivity index (χ0n) is 11.6. The molecule has 0 fully saturated rings. The predicted octanol–water partition coefficient (Wildman–Crippen LogP) is 4.29. The molecule has 20 heavy (non-hydrogen) atoms. The molecule has 2 rings (SSSR count). The van der Waals surface area contributed by atoms with Crippen LogP contribution >= 0.6 is 12.6 Å². The minimum atomic E-state index is -0.553. The van der Waals surface area contributed by atoms with Crippen LogP contribution in [0.2, 0.25) is 0 Å². The second-order valence-corrected chi connectivity index (χ2v) is 5.41. The number of carbonyl (C=O) groups is 1. The molecule has 1 amide bonds. The molecule has 104 valence electrons. The number of rotatable bonds is 2. The minimum Gasteiger partial charge on any atom is -0.321 e. The van der Waals surface area contributed by atoms with E-state index in [0.29, 0.717) is 4.90 Å². The maximum absolute atomic E-state index is 13.7. The first kappa shape index (κ1) is 14.6. The third-order valence-electron chi connectivity index (χ3n) is 3.11. The van der Waals surface area contributed by atoms with E-state index in [2.05, 4.69) is 17.9 Å². The highest BCUT2D eigenvalue weighted by molar-refractivity contribution is 7.80. The number of hydrogen-bond donors (Lipinski definition) is 2. The van der Waals surface area contributed by atoms with Crippen molar-refractivity contribution in [3.05, 3.63) is 58.4 Å². The lowest BCUT2D eigenvalue weighted by Gasteiger charge is -2.13. The molecule has 2 aromatic carbocycles. The smallest absolute Gasteiger partial charge is 0.258 e. The number of anilines is 1. The molecule has 4 heteroatoms. The van der Waals surface area contributed by atoms with Gasteiger partial charge in [0.1, 0.15) is 5.82 Å². The van der Waals surface area contributed by atoms with Crippen LogP contribution in [-0.2, 0) is 0 Å². The average Bonchev–Trinajstić information content (AvgIpc) is 2.36. The molecule has 2 aromatic rings. The summed E-state index contributed by atoms with van der Waals surface area (Å²) in [7, 11) is 0. The van der Waals surface area contributed by atoms with Crippen LogP contribution in [0.25, 0.3) is 0 Å². The number of aryl methyl sites for hydroxylation is 3. The van der Waals surface area contributed by atoms with Crippen molar-refractivity contribution in [2.24, 2.45) is 0 Å². The molecule has 0 spiro atoms. The number of halogens is 1. The highest BCUT2D eigenvalue weighted by Crippen LogP contribution is 2.23. The number of benzene rings is 2. The maximum atomic E-state index is 13.7. The second kappa shape index (κ2) is 5.67. The summed E-state index contributed by atoms with van der Waals surface area (Å²) in [5.41, 5.74) is 3.76. The zero-order valence-corrected chi connectivity index (χ0v) is 12.5. The van der Waals surface area contributed by atoms with E-state index in [4.69, 9.17) is 0 Å². The molecule has 0 aromatic heterocycles. The van der Waals surface area contributed by atoms with Gasteiger partial charge in [0, 0.05) is 10.6 Å². The fourth-order valence-electron chi connectivity index (χ4n) is 2.25. The summed E-state index contributed by atoms with van der Waals surface area (Å²) in [6.07, 6.45) is 0. The number of nitrogens with one attached hydrogen (secondary N) is 1. The number of hydrogen-bond acceptors (Lipinski definition) is 2. The summed E-state index contributed by atoms with van der Waals surface area (Å²) in [6.45, 7) is 5.83. The molecule has 0 aliphatic carbocycles. The first-order valence-electron chi connectivity index (χ1n) is 6.26. The van der Waals surface area contributed by atoms with Crippen LogP contribution in [0.15, 0.2) is 35.2 Å². The van der Waals surface area contributed by atoms with Crippen molar-refractivity contribution in [3.63, 3.8) is 0 Å². The number of carbonyl (C=O) groups excluding carboxylic acids is 1. The minimum absolute atomic E-state index is 0.00289. The Bertz CT molecular complexity index is 659. The van der Waals surface area contributed by atoms with Gasteiger partial charge in [0.25, 0.3) is 5.91 Å². The van der Waals surface area contributed by atoms with Gasteiger partial charge in [0.05, 0.1) is 5.56 Å². The summed E-state index contributed by atoms with van der Waals surface area (Å²) in [6, 6.07) is 8.14. The topological polar surface area (TPSA) is 29.1 Å². The van der Waals surface area contributed by atoms with E-state index in [-0.39, 0.29) is 5.56 Å². The molecule has 0 atom stereocenters. The lowest BCUT2D eigenvalue weighted by atomic mass is 10.0. The fourth-order valence-corrected chi connectivity index (χ4v) is 2.45. The Morgan fingerprint density at radius 3 is 2.30 bits per heavy atom. The summed E-state index contributed by atoms with van der Waals surface area (Å²) < 4.78 is 13.7. The molecule has 0 bridgehead atoms. The van der Waals surface area contributed by atoms with Crippen molar-refractivity contribution < 1.29 is 9.18 Å². The lowest BCUT2D eigenvalue weighted by molar-refractivity contribution is 0.102. The van der Waals surface area contributed by atoms with Crippen molar-refractivity contribution in [2.45, 2.75) is 25.7 Å². The third kappa shape index (κ3) is 3.02. The zero-order chi connectivity index (χ0) is 14.9. The first-order valence-corrected chi connectivity index (χ1v) is 6.71. The van der Waals surface area contributed by atoms with Crippen LogP contribution in [0, 0.1) is 26.6 Å². The van der Waals surface area contributed by atoms with Crippen LogP contribution < -0.4 is 5.32 Å². The van der Waals surface area contributed by atoms with E-state index in [1.807, 2.05) is 32.9 Å². The molecule has 0 unspecified atom stereocenters. The summed E-state index contributed by atoms with van der Waals surface area (Å²) in [5, 5.41) is 2.78. The van der Waals surface area contributed by atoms with Crippen LogP contribution in [-0.4, -0.2) is 5.91 Å². The Kier molecular flexibility index (Phi) is 4.14. The predicted molar refractivity (Wildman–Crippen MR) is 82.3 cm³/mol. The van der Waals surface area contributed by atoms with Gasteiger partial charge in [-0.2, -0.15) is 0 Å². The first-order chi connectivity index (χ1) is 9.38. The van der Waals surface area contributed by atoms with E-state index in [1.54, 1.807) is 0 Å². The molecule has 0 heterocycles. The maximum Gasteiger partial charge on any atom is 0.258 e. The summed E-state index contributed by atoms with van der Waals surface area (Å²) in [4.78, 5) is 12.7. The van der Waals surface area contributed by atoms with Gasteiger partial charge in [-0.05, 0) is 50.1 Å². The van der Waals surface area contributed by atoms with Crippen LogP contribution in [0.4, 0.5) is 10.1 Å².